The molecule has 8 rings (SSSR count). The molecular formula is C56H58N2O8S2. The SMILES string of the molecule is COC(=O)[C@@H]1C[C@H](S(=O)(=O)CCc2ccccc2)CN1C(=O)C(c1ccccc1)c1ccccc1.COC(=O)[C@@H]1C[C@H](SCCc2ccccc2)CN1C(=O)C(c1ccccc1)c1ccccc1. The highest BCUT2D eigenvalue weighted by Gasteiger charge is 2.47. The van der Waals surface area contributed by atoms with Crippen molar-refractivity contribution in [1.82, 2.24) is 9.80 Å². The van der Waals surface area contributed by atoms with Crippen LogP contribution < -0.4 is 0 Å². The fourth-order valence-corrected chi connectivity index (χ4v) is 12.1. The highest BCUT2D eigenvalue weighted by Crippen LogP contribution is 2.36. The molecule has 68 heavy (non-hydrogen) atoms. The van der Waals surface area contributed by atoms with Crippen molar-refractivity contribution < 1.29 is 37.1 Å². The summed E-state index contributed by atoms with van der Waals surface area (Å²) in [6.07, 6.45) is 2.00. The maximum Gasteiger partial charge on any atom is 0.328 e. The molecule has 2 amide bonds. The molecule has 2 heterocycles. The van der Waals surface area contributed by atoms with Crippen LogP contribution in [0, 0.1) is 0 Å². The summed E-state index contributed by atoms with van der Waals surface area (Å²) in [4.78, 5) is 56.3. The maximum atomic E-state index is 14.0. The Bertz CT molecular complexity index is 2580. The van der Waals surface area contributed by atoms with E-state index >= 15 is 0 Å². The van der Waals surface area contributed by atoms with E-state index in [2.05, 4.69) is 24.3 Å². The Hall–Kier alpha value is -6.50. The van der Waals surface area contributed by atoms with Crippen LogP contribution in [0.15, 0.2) is 182 Å². The molecule has 0 aliphatic carbocycles. The summed E-state index contributed by atoms with van der Waals surface area (Å²) in [5.41, 5.74) is 5.65. The van der Waals surface area contributed by atoms with Gasteiger partial charge in [0.15, 0.2) is 9.84 Å². The number of rotatable bonds is 16. The second kappa shape index (κ2) is 24.0. The number of thioether (sulfide) groups is 1. The minimum absolute atomic E-state index is 0.0336. The molecule has 352 valence electrons. The number of carbonyl (C=O) groups is 4. The first-order valence-corrected chi connectivity index (χ1v) is 25.7. The Balaban J connectivity index is 0.000000202. The highest BCUT2D eigenvalue weighted by atomic mass is 32.2. The lowest BCUT2D eigenvalue weighted by Crippen LogP contribution is -2.44. The molecule has 6 aromatic carbocycles. The average molecular weight is 951 g/mol. The standard InChI is InChI=1S/C28H29NO5S.C28H29NO3S/c1-34-28(31)25-19-24(35(32,33)18-17-21-11-5-2-6-12-21)20-29(25)27(30)26(22-13-7-3-8-14-22)23-15-9-4-10-16-23;1-32-28(31)25-19-24(33-18-17-21-11-5-2-6-12-21)20-29(25)27(30)26(22-13-7-3-8-14-22)23-15-9-4-10-16-23/h2-16,24-26H,17-20H2,1H3;2-16,24-26H,17-20H2,1H3/t2*24-,25-/m00/s1. The van der Waals surface area contributed by atoms with Gasteiger partial charge in [0.05, 0.1) is 37.1 Å². The second-order valence-corrected chi connectivity index (χ2v) is 20.8. The van der Waals surface area contributed by atoms with E-state index < -0.39 is 45.0 Å². The van der Waals surface area contributed by atoms with Gasteiger partial charge in [-0.3, -0.25) is 9.59 Å². The van der Waals surface area contributed by atoms with Gasteiger partial charge in [0, 0.05) is 18.3 Å². The van der Waals surface area contributed by atoms with Gasteiger partial charge in [-0.25, -0.2) is 18.0 Å². The number of esters is 2. The average Bonchev–Trinajstić information content (AvgIpc) is 4.04. The number of nitrogens with zero attached hydrogens (tertiary/aromatic N) is 2. The number of ether oxygens (including phenoxy) is 2. The fraction of sp³-hybridized carbons (Fsp3) is 0.286. The lowest BCUT2D eigenvalue weighted by atomic mass is 9.90. The minimum atomic E-state index is -3.56. The minimum Gasteiger partial charge on any atom is -0.467 e. The normalized spacial score (nSPS) is 17.9. The second-order valence-electron chi connectivity index (χ2n) is 17.0. The Morgan fingerprint density at radius 3 is 1.26 bits per heavy atom. The van der Waals surface area contributed by atoms with E-state index in [0.717, 1.165) is 40.0 Å². The summed E-state index contributed by atoms with van der Waals surface area (Å²) in [5.74, 6) is -1.49. The Morgan fingerprint density at radius 1 is 0.515 bits per heavy atom. The molecule has 0 bridgehead atoms. The zero-order valence-electron chi connectivity index (χ0n) is 38.4. The molecule has 10 nitrogen and oxygen atoms in total. The van der Waals surface area contributed by atoms with Gasteiger partial charge >= 0.3 is 11.9 Å². The third-order valence-corrected chi connectivity index (χ3v) is 16.1. The van der Waals surface area contributed by atoms with E-state index in [1.54, 1.807) is 4.90 Å². The number of carbonyl (C=O) groups excluding carboxylic acids is 4. The van der Waals surface area contributed by atoms with Crippen molar-refractivity contribution in [2.45, 2.75) is 60.1 Å². The molecule has 12 heteroatoms. The smallest absolute Gasteiger partial charge is 0.328 e. The summed E-state index contributed by atoms with van der Waals surface area (Å²) in [6, 6.07) is 56.5. The predicted molar refractivity (Wildman–Crippen MR) is 268 cm³/mol. The van der Waals surface area contributed by atoms with Crippen molar-refractivity contribution in [2.75, 3.05) is 38.8 Å². The van der Waals surface area contributed by atoms with Gasteiger partial charge in [0.2, 0.25) is 11.8 Å². The molecule has 2 aliphatic rings. The number of sulfone groups is 1. The topological polar surface area (TPSA) is 127 Å². The monoisotopic (exact) mass is 950 g/mol. The van der Waals surface area contributed by atoms with Crippen LogP contribution in [0.2, 0.25) is 0 Å². The molecule has 2 fully saturated rings. The Labute approximate surface area is 404 Å². The van der Waals surface area contributed by atoms with Crippen molar-refractivity contribution in [3.63, 3.8) is 0 Å². The molecular weight excluding hydrogens is 893 g/mol. The van der Waals surface area contributed by atoms with Gasteiger partial charge in [0.25, 0.3) is 0 Å². The van der Waals surface area contributed by atoms with Crippen LogP contribution in [-0.4, -0.2) is 103 Å². The van der Waals surface area contributed by atoms with E-state index in [9.17, 15) is 27.6 Å². The summed E-state index contributed by atoms with van der Waals surface area (Å²) < 4.78 is 36.6. The molecule has 4 atom stereocenters. The molecule has 2 aliphatic heterocycles. The molecule has 2 saturated heterocycles. The van der Waals surface area contributed by atoms with Crippen LogP contribution >= 0.6 is 11.8 Å². The van der Waals surface area contributed by atoms with E-state index in [1.165, 1.54) is 24.7 Å². The van der Waals surface area contributed by atoms with Gasteiger partial charge in [-0.1, -0.05) is 182 Å². The Kier molecular flexibility index (Phi) is 17.4. The third-order valence-electron chi connectivity index (χ3n) is 12.7. The van der Waals surface area contributed by atoms with Crippen LogP contribution in [0.5, 0.6) is 0 Å². The van der Waals surface area contributed by atoms with E-state index in [-0.39, 0.29) is 41.8 Å². The first-order valence-electron chi connectivity index (χ1n) is 22.9. The van der Waals surface area contributed by atoms with Gasteiger partial charge in [-0.05, 0) is 64.8 Å². The quantitative estimate of drug-likeness (QED) is 0.0878. The summed E-state index contributed by atoms with van der Waals surface area (Å²) in [5, 5.41) is -0.625. The van der Waals surface area contributed by atoms with E-state index in [0.29, 0.717) is 19.4 Å². The lowest BCUT2D eigenvalue weighted by Gasteiger charge is -2.28. The highest BCUT2D eigenvalue weighted by molar-refractivity contribution is 7.99. The van der Waals surface area contributed by atoms with E-state index in [4.69, 9.17) is 9.47 Å². The predicted octanol–water partition coefficient (Wildman–Crippen LogP) is 8.56. The molecule has 0 spiro atoms. The molecule has 0 N–H and O–H groups in total. The van der Waals surface area contributed by atoms with Crippen LogP contribution in [-0.2, 0) is 51.3 Å². The van der Waals surface area contributed by atoms with Crippen molar-refractivity contribution in [3.05, 3.63) is 215 Å². The zero-order valence-corrected chi connectivity index (χ0v) is 40.1. The third kappa shape index (κ3) is 12.5. The number of amides is 2. The number of methoxy groups -OCH3 is 2. The molecule has 0 radical (unpaired) electrons. The first kappa shape index (κ1) is 49.4. The van der Waals surface area contributed by atoms with Gasteiger partial charge in [-0.2, -0.15) is 11.8 Å². The summed E-state index contributed by atoms with van der Waals surface area (Å²) in [6.45, 7) is 0.514. The number of likely N-dealkylation sites (tertiary alicyclic amines) is 2. The van der Waals surface area contributed by atoms with Crippen molar-refractivity contribution in [1.29, 1.82) is 0 Å². The van der Waals surface area contributed by atoms with E-state index in [1.807, 2.05) is 169 Å². The van der Waals surface area contributed by atoms with Crippen LogP contribution in [0.1, 0.15) is 58.1 Å². The van der Waals surface area contributed by atoms with Crippen LogP contribution in [0.4, 0.5) is 0 Å². The molecule has 6 aromatic rings. The number of hydrogen-bond donors (Lipinski definition) is 0. The summed E-state index contributed by atoms with van der Waals surface area (Å²) in [7, 11) is -0.902. The zero-order chi connectivity index (χ0) is 47.9. The van der Waals surface area contributed by atoms with Gasteiger partial charge < -0.3 is 19.3 Å². The fourth-order valence-electron chi connectivity index (χ4n) is 9.11. The molecule has 0 aromatic heterocycles. The largest absolute Gasteiger partial charge is 0.467 e. The lowest BCUT2D eigenvalue weighted by molar-refractivity contribution is -0.151. The van der Waals surface area contributed by atoms with Gasteiger partial charge in [-0.15, -0.1) is 0 Å². The maximum absolute atomic E-state index is 14.0. The first-order chi connectivity index (χ1) is 33.1. The van der Waals surface area contributed by atoms with Gasteiger partial charge in [0.1, 0.15) is 12.1 Å². The van der Waals surface area contributed by atoms with Crippen LogP contribution in [0.3, 0.4) is 0 Å². The van der Waals surface area contributed by atoms with Crippen molar-refractivity contribution >= 4 is 45.4 Å². The summed E-state index contributed by atoms with van der Waals surface area (Å²) >= 11 is 1.83. The van der Waals surface area contributed by atoms with Crippen molar-refractivity contribution in [2.24, 2.45) is 0 Å². The van der Waals surface area contributed by atoms with Crippen molar-refractivity contribution in [3.8, 4) is 0 Å². The van der Waals surface area contributed by atoms with Crippen LogP contribution in [0.25, 0.3) is 0 Å². The molecule has 0 unspecified atom stereocenters. The molecule has 0 saturated carbocycles. The Morgan fingerprint density at radius 2 is 0.868 bits per heavy atom. The number of aryl methyl sites for hydroxylation is 2. The number of hydrogen-bond acceptors (Lipinski definition) is 9. The number of benzene rings is 6.